The molecule has 176 valence electrons. The van der Waals surface area contributed by atoms with Crippen LogP contribution in [0.5, 0.6) is 0 Å². The summed E-state index contributed by atoms with van der Waals surface area (Å²) >= 11 is 0. The number of fused-ring (bicyclic) bond motifs is 3. The zero-order chi connectivity index (χ0) is 25.0. The van der Waals surface area contributed by atoms with Crippen LogP contribution in [0.25, 0.3) is 49.7 Å². The van der Waals surface area contributed by atoms with Gasteiger partial charge in [-0.2, -0.15) is 0 Å². The molecule has 0 bridgehead atoms. The number of hydrogen-bond acceptors (Lipinski definition) is 0. The standard InChI is InChI=1S/C31H19F4N/c1-18-4-2-3-5-29(18)36-30-8-6-19(21-10-23(32)16-24(33)11-21)14-27(30)28-15-20(7-9-31(28)36)22-12-25(34)17-26(35)13-22/h2-17H,1H3. The minimum Gasteiger partial charge on any atom is -0.309 e. The molecule has 0 saturated carbocycles. The van der Waals surface area contributed by atoms with Crippen LogP contribution in [-0.2, 0) is 0 Å². The van der Waals surface area contributed by atoms with Crippen molar-refractivity contribution in [3.63, 3.8) is 0 Å². The zero-order valence-electron chi connectivity index (χ0n) is 19.2. The highest BCUT2D eigenvalue weighted by molar-refractivity contribution is 6.11. The molecule has 0 atom stereocenters. The van der Waals surface area contributed by atoms with Crippen LogP contribution in [-0.4, -0.2) is 4.57 Å². The topological polar surface area (TPSA) is 4.93 Å². The van der Waals surface area contributed by atoms with Crippen LogP contribution in [0.3, 0.4) is 0 Å². The maximum Gasteiger partial charge on any atom is 0.126 e. The summed E-state index contributed by atoms with van der Waals surface area (Å²) in [6.45, 7) is 2.03. The lowest BCUT2D eigenvalue weighted by atomic mass is 10.00. The van der Waals surface area contributed by atoms with Crippen LogP contribution >= 0.6 is 0 Å². The number of hydrogen-bond donors (Lipinski definition) is 0. The highest BCUT2D eigenvalue weighted by Crippen LogP contribution is 2.38. The van der Waals surface area contributed by atoms with Crippen molar-refractivity contribution in [3.05, 3.63) is 126 Å². The molecule has 0 aliphatic heterocycles. The van der Waals surface area contributed by atoms with Crippen molar-refractivity contribution in [3.8, 4) is 27.9 Å². The van der Waals surface area contributed by atoms with Gasteiger partial charge in [0.2, 0.25) is 0 Å². The van der Waals surface area contributed by atoms with E-state index in [-0.39, 0.29) is 0 Å². The fourth-order valence-corrected chi connectivity index (χ4v) is 4.90. The molecule has 0 radical (unpaired) electrons. The van der Waals surface area contributed by atoms with Gasteiger partial charge in [-0.1, -0.05) is 30.3 Å². The van der Waals surface area contributed by atoms with Crippen molar-refractivity contribution in [2.45, 2.75) is 6.92 Å². The molecule has 0 aliphatic carbocycles. The van der Waals surface area contributed by atoms with E-state index < -0.39 is 23.3 Å². The van der Waals surface area contributed by atoms with Gasteiger partial charge < -0.3 is 4.57 Å². The van der Waals surface area contributed by atoms with Crippen LogP contribution in [0.2, 0.25) is 0 Å². The Kier molecular flexibility index (Phi) is 5.15. The molecule has 5 heteroatoms. The Labute approximate surface area is 204 Å². The highest BCUT2D eigenvalue weighted by Gasteiger charge is 2.16. The van der Waals surface area contributed by atoms with Crippen LogP contribution < -0.4 is 0 Å². The molecule has 0 unspecified atom stereocenters. The maximum atomic E-state index is 14.0. The largest absolute Gasteiger partial charge is 0.309 e. The van der Waals surface area contributed by atoms with Gasteiger partial charge in [0.1, 0.15) is 23.3 Å². The Hall–Kier alpha value is -4.38. The summed E-state index contributed by atoms with van der Waals surface area (Å²) in [5.41, 5.74) is 6.04. The van der Waals surface area contributed by atoms with Gasteiger partial charge in [-0.15, -0.1) is 0 Å². The first-order valence-corrected chi connectivity index (χ1v) is 11.4. The monoisotopic (exact) mass is 481 g/mol. The van der Waals surface area contributed by atoms with Crippen LogP contribution in [0.1, 0.15) is 5.56 Å². The smallest absolute Gasteiger partial charge is 0.126 e. The Morgan fingerprint density at radius 1 is 0.472 bits per heavy atom. The first-order valence-electron chi connectivity index (χ1n) is 11.4. The van der Waals surface area contributed by atoms with Gasteiger partial charge in [-0.3, -0.25) is 0 Å². The van der Waals surface area contributed by atoms with E-state index in [2.05, 4.69) is 4.57 Å². The molecule has 6 aromatic rings. The number of benzene rings is 5. The Morgan fingerprint density at radius 2 is 0.917 bits per heavy atom. The second-order valence-corrected chi connectivity index (χ2v) is 8.90. The van der Waals surface area contributed by atoms with E-state index >= 15 is 0 Å². The van der Waals surface area contributed by atoms with E-state index in [4.69, 9.17) is 0 Å². The second-order valence-electron chi connectivity index (χ2n) is 8.90. The van der Waals surface area contributed by atoms with Crippen molar-refractivity contribution < 1.29 is 17.6 Å². The highest BCUT2D eigenvalue weighted by atomic mass is 19.1. The van der Waals surface area contributed by atoms with Crippen LogP contribution in [0, 0.1) is 30.2 Å². The van der Waals surface area contributed by atoms with E-state index in [1.54, 1.807) is 0 Å². The molecule has 0 saturated heterocycles. The van der Waals surface area contributed by atoms with Crippen LogP contribution in [0.4, 0.5) is 17.6 Å². The summed E-state index contributed by atoms with van der Waals surface area (Å²) in [5.74, 6) is -2.60. The molecule has 1 heterocycles. The van der Waals surface area contributed by atoms with Gasteiger partial charge >= 0.3 is 0 Å². The minimum absolute atomic E-state index is 0.426. The van der Waals surface area contributed by atoms with Gasteiger partial charge in [-0.05, 0) is 89.3 Å². The lowest BCUT2D eigenvalue weighted by Gasteiger charge is -2.11. The summed E-state index contributed by atoms with van der Waals surface area (Å²) in [4.78, 5) is 0. The van der Waals surface area contributed by atoms with Crippen molar-refractivity contribution in [1.29, 1.82) is 0 Å². The van der Waals surface area contributed by atoms with E-state index in [0.29, 0.717) is 22.3 Å². The molecule has 0 N–H and O–H groups in total. The van der Waals surface area contributed by atoms with Crippen molar-refractivity contribution in [1.82, 2.24) is 4.57 Å². The average Bonchev–Trinajstić information content (AvgIpc) is 3.16. The first kappa shape index (κ1) is 22.1. The number of para-hydroxylation sites is 1. The number of aromatic nitrogens is 1. The predicted octanol–water partition coefficient (Wildman–Crippen LogP) is 8.98. The molecular weight excluding hydrogens is 462 g/mol. The lowest BCUT2D eigenvalue weighted by molar-refractivity contribution is 0.583. The molecule has 0 fully saturated rings. The number of nitrogens with zero attached hydrogens (tertiary/aromatic N) is 1. The van der Waals surface area contributed by atoms with Gasteiger partial charge in [0.25, 0.3) is 0 Å². The molecule has 36 heavy (non-hydrogen) atoms. The molecule has 0 aliphatic rings. The van der Waals surface area contributed by atoms with Crippen molar-refractivity contribution in [2.24, 2.45) is 0 Å². The van der Waals surface area contributed by atoms with E-state index in [1.807, 2.05) is 67.6 Å². The SMILES string of the molecule is Cc1ccccc1-n1c2ccc(-c3cc(F)cc(F)c3)cc2c2cc(-c3cc(F)cc(F)c3)ccc21. The molecule has 6 rings (SSSR count). The number of aryl methyl sites for hydroxylation is 1. The van der Waals surface area contributed by atoms with E-state index in [9.17, 15) is 17.6 Å². The molecule has 1 aromatic heterocycles. The molecule has 5 aromatic carbocycles. The Morgan fingerprint density at radius 3 is 1.36 bits per heavy atom. The van der Waals surface area contributed by atoms with E-state index in [1.165, 1.54) is 24.3 Å². The Balaban J connectivity index is 1.67. The number of rotatable bonds is 3. The lowest BCUT2D eigenvalue weighted by Crippen LogP contribution is -1.96. The number of halogens is 4. The molecule has 1 nitrogen and oxygen atoms in total. The van der Waals surface area contributed by atoms with Gasteiger partial charge in [0, 0.05) is 28.6 Å². The quantitative estimate of drug-likeness (QED) is 0.222. The maximum absolute atomic E-state index is 14.0. The zero-order valence-corrected chi connectivity index (χ0v) is 19.2. The first-order chi connectivity index (χ1) is 17.4. The minimum atomic E-state index is -0.650. The summed E-state index contributed by atoms with van der Waals surface area (Å²) in [6.07, 6.45) is 0. The van der Waals surface area contributed by atoms with Gasteiger partial charge in [-0.25, -0.2) is 17.6 Å². The normalized spacial score (nSPS) is 11.5. The average molecular weight is 481 g/mol. The summed E-state index contributed by atoms with van der Waals surface area (Å²) < 4.78 is 57.9. The molecule has 0 amide bonds. The fraction of sp³-hybridized carbons (Fsp3) is 0.0323. The van der Waals surface area contributed by atoms with Gasteiger partial charge in [0.15, 0.2) is 0 Å². The van der Waals surface area contributed by atoms with Crippen LogP contribution in [0.15, 0.2) is 97.1 Å². The predicted molar refractivity (Wildman–Crippen MR) is 136 cm³/mol. The summed E-state index contributed by atoms with van der Waals surface area (Å²) in [6, 6.07) is 26.2. The summed E-state index contributed by atoms with van der Waals surface area (Å²) in [5, 5.41) is 1.71. The summed E-state index contributed by atoms with van der Waals surface area (Å²) in [7, 11) is 0. The molecular formula is C31H19F4N. The third-order valence-corrected chi connectivity index (χ3v) is 6.51. The third kappa shape index (κ3) is 3.73. The van der Waals surface area contributed by atoms with E-state index in [0.717, 1.165) is 45.2 Å². The molecule has 0 spiro atoms. The fourth-order valence-electron chi connectivity index (χ4n) is 4.90. The van der Waals surface area contributed by atoms with Crippen molar-refractivity contribution in [2.75, 3.05) is 0 Å². The van der Waals surface area contributed by atoms with Gasteiger partial charge in [0.05, 0.1) is 11.0 Å². The van der Waals surface area contributed by atoms with Crippen molar-refractivity contribution >= 4 is 21.8 Å². The Bertz CT molecular complexity index is 1650. The third-order valence-electron chi connectivity index (χ3n) is 6.51. The second kappa shape index (κ2) is 8.38.